The summed E-state index contributed by atoms with van der Waals surface area (Å²) in [6.07, 6.45) is 0.643. The molecule has 1 unspecified atom stereocenters. The van der Waals surface area contributed by atoms with Crippen LogP contribution in [0.4, 0.5) is 10.1 Å². The van der Waals surface area contributed by atoms with Gasteiger partial charge in [-0.1, -0.05) is 0 Å². The standard InChI is InChI=1S/C13H14FN3O/c1-13(12(16)18)4-5-17(8-13)11-3-2-10(14)6-9(11)7-15/h2-3,6H,4-5,8H2,1H3,(H2,16,18). The number of hydrogen-bond donors (Lipinski definition) is 1. The van der Waals surface area contributed by atoms with Crippen LogP contribution < -0.4 is 10.6 Å². The van der Waals surface area contributed by atoms with Gasteiger partial charge in [-0.05, 0) is 31.5 Å². The van der Waals surface area contributed by atoms with Crippen molar-refractivity contribution < 1.29 is 9.18 Å². The lowest BCUT2D eigenvalue weighted by Crippen LogP contribution is -2.37. The number of primary amides is 1. The third-order valence-electron chi connectivity index (χ3n) is 3.49. The van der Waals surface area contributed by atoms with Crippen molar-refractivity contribution in [3.63, 3.8) is 0 Å². The van der Waals surface area contributed by atoms with Crippen LogP contribution in [0, 0.1) is 22.6 Å². The van der Waals surface area contributed by atoms with Gasteiger partial charge in [-0.2, -0.15) is 5.26 Å². The second-order valence-corrected chi connectivity index (χ2v) is 4.87. The zero-order valence-corrected chi connectivity index (χ0v) is 10.1. The predicted molar refractivity (Wildman–Crippen MR) is 65.2 cm³/mol. The molecule has 0 aromatic heterocycles. The highest BCUT2D eigenvalue weighted by Crippen LogP contribution is 2.34. The molecule has 0 saturated carbocycles. The molecule has 0 bridgehead atoms. The Morgan fingerprint density at radius 3 is 2.89 bits per heavy atom. The molecule has 0 spiro atoms. The molecule has 0 radical (unpaired) electrons. The normalized spacial score (nSPS) is 22.8. The zero-order chi connectivity index (χ0) is 13.3. The monoisotopic (exact) mass is 247 g/mol. The average molecular weight is 247 g/mol. The third-order valence-corrected chi connectivity index (χ3v) is 3.49. The fraction of sp³-hybridized carbons (Fsp3) is 0.385. The van der Waals surface area contributed by atoms with Gasteiger partial charge in [-0.15, -0.1) is 0 Å². The van der Waals surface area contributed by atoms with Crippen molar-refractivity contribution in [3.05, 3.63) is 29.6 Å². The topological polar surface area (TPSA) is 70.1 Å². The summed E-state index contributed by atoms with van der Waals surface area (Å²) in [5, 5.41) is 9.01. The number of carbonyl (C=O) groups is 1. The van der Waals surface area contributed by atoms with Crippen LogP contribution in [0.15, 0.2) is 18.2 Å². The van der Waals surface area contributed by atoms with Crippen molar-refractivity contribution >= 4 is 11.6 Å². The Labute approximate surface area is 105 Å². The maximum Gasteiger partial charge on any atom is 0.225 e. The van der Waals surface area contributed by atoms with Gasteiger partial charge < -0.3 is 10.6 Å². The first-order valence-corrected chi connectivity index (χ1v) is 5.71. The van der Waals surface area contributed by atoms with E-state index in [1.54, 1.807) is 6.07 Å². The fourth-order valence-electron chi connectivity index (χ4n) is 2.24. The molecular formula is C13H14FN3O. The lowest BCUT2D eigenvalue weighted by Gasteiger charge is -2.23. The zero-order valence-electron chi connectivity index (χ0n) is 10.1. The fourth-order valence-corrected chi connectivity index (χ4v) is 2.24. The second kappa shape index (κ2) is 4.30. The second-order valence-electron chi connectivity index (χ2n) is 4.87. The molecule has 1 saturated heterocycles. The van der Waals surface area contributed by atoms with Crippen LogP contribution in [-0.2, 0) is 4.79 Å². The molecule has 1 aromatic carbocycles. The molecule has 1 aliphatic heterocycles. The summed E-state index contributed by atoms with van der Waals surface area (Å²) in [4.78, 5) is 13.3. The number of benzene rings is 1. The summed E-state index contributed by atoms with van der Waals surface area (Å²) in [7, 11) is 0. The first kappa shape index (κ1) is 12.4. The van der Waals surface area contributed by atoms with E-state index in [0.717, 1.165) is 0 Å². The molecule has 4 nitrogen and oxygen atoms in total. The van der Waals surface area contributed by atoms with E-state index in [1.165, 1.54) is 12.1 Å². The molecule has 1 atom stereocenters. The smallest absolute Gasteiger partial charge is 0.225 e. The minimum Gasteiger partial charge on any atom is -0.369 e. The van der Waals surface area contributed by atoms with E-state index in [4.69, 9.17) is 11.0 Å². The van der Waals surface area contributed by atoms with Crippen molar-refractivity contribution in [3.8, 4) is 6.07 Å². The molecule has 1 amide bonds. The van der Waals surface area contributed by atoms with Gasteiger partial charge in [0.25, 0.3) is 0 Å². The largest absolute Gasteiger partial charge is 0.369 e. The van der Waals surface area contributed by atoms with E-state index in [0.29, 0.717) is 25.2 Å². The van der Waals surface area contributed by atoms with Crippen molar-refractivity contribution in [2.45, 2.75) is 13.3 Å². The van der Waals surface area contributed by atoms with Crippen LogP contribution in [0.5, 0.6) is 0 Å². The molecule has 5 heteroatoms. The lowest BCUT2D eigenvalue weighted by molar-refractivity contribution is -0.125. The molecule has 2 N–H and O–H groups in total. The number of halogens is 1. The molecule has 1 aliphatic rings. The molecule has 1 aromatic rings. The predicted octanol–water partition coefficient (Wildman–Crippen LogP) is 1.40. The number of nitrogens with two attached hydrogens (primary N) is 1. The maximum atomic E-state index is 13.1. The minimum absolute atomic E-state index is 0.281. The Morgan fingerprint density at radius 2 is 2.33 bits per heavy atom. The number of anilines is 1. The summed E-state index contributed by atoms with van der Waals surface area (Å²) < 4.78 is 13.1. The van der Waals surface area contributed by atoms with Crippen LogP contribution in [0.1, 0.15) is 18.9 Å². The summed E-state index contributed by atoms with van der Waals surface area (Å²) in [6.45, 7) is 2.91. The molecule has 1 fully saturated rings. The molecule has 18 heavy (non-hydrogen) atoms. The average Bonchev–Trinajstić information content (AvgIpc) is 2.73. The van der Waals surface area contributed by atoms with Crippen LogP contribution in [0.2, 0.25) is 0 Å². The van der Waals surface area contributed by atoms with Gasteiger partial charge in [0.2, 0.25) is 5.91 Å². The van der Waals surface area contributed by atoms with Gasteiger partial charge in [-0.3, -0.25) is 4.79 Å². The highest BCUT2D eigenvalue weighted by molar-refractivity contribution is 5.82. The molecule has 2 rings (SSSR count). The quantitative estimate of drug-likeness (QED) is 0.858. The van der Waals surface area contributed by atoms with Crippen LogP contribution in [-0.4, -0.2) is 19.0 Å². The van der Waals surface area contributed by atoms with Crippen molar-refractivity contribution in [2.75, 3.05) is 18.0 Å². The van der Waals surface area contributed by atoms with Crippen LogP contribution >= 0.6 is 0 Å². The summed E-state index contributed by atoms with van der Waals surface area (Å²) in [6, 6.07) is 6.06. The van der Waals surface area contributed by atoms with E-state index < -0.39 is 11.2 Å². The highest BCUT2D eigenvalue weighted by atomic mass is 19.1. The van der Waals surface area contributed by atoms with Gasteiger partial charge in [0, 0.05) is 13.1 Å². The van der Waals surface area contributed by atoms with Gasteiger partial charge in [-0.25, -0.2) is 4.39 Å². The number of nitriles is 1. The van der Waals surface area contributed by atoms with Gasteiger partial charge in [0.05, 0.1) is 16.7 Å². The number of carbonyl (C=O) groups excluding carboxylic acids is 1. The van der Waals surface area contributed by atoms with E-state index in [2.05, 4.69) is 0 Å². The SMILES string of the molecule is CC1(C(N)=O)CCN(c2ccc(F)cc2C#N)C1. The van der Waals surface area contributed by atoms with E-state index in [-0.39, 0.29) is 11.5 Å². The van der Waals surface area contributed by atoms with E-state index in [1.807, 2.05) is 17.9 Å². The molecule has 94 valence electrons. The number of hydrogen-bond acceptors (Lipinski definition) is 3. The number of amides is 1. The summed E-state index contributed by atoms with van der Waals surface area (Å²) >= 11 is 0. The Balaban J connectivity index is 2.30. The van der Waals surface area contributed by atoms with Crippen LogP contribution in [0.3, 0.4) is 0 Å². The Kier molecular flexibility index (Phi) is 2.95. The van der Waals surface area contributed by atoms with Gasteiger partial charge in [0.1, 0.15) is 11.9 Å². The Bertz CT molecular complexity index is 538. The van der Waals surface area contributed by atoms with Crippen LogP contribution in [0.25, 0.3) is 0 Å². The first-order chi connectivity index (χ1) is 8.46. The van der Waals surface area contributed by atoms with Gasteiger partial charge in [0.15, 0.2) is 0 Å². The van der Waals surface area contributed by atoms with E-state index in [9.17, 15) is 9.18 Å². The van der Waals surface area contributed by atoms with Gasteiger partial charge >= 0.3 is 0 Å². The highest BCUT2D eigenvalue weighted by Gasteiger charge is 2.39. The summed E-state index contributed by atoms with van der Waals surface area (Å²) in [5.41, 5.74) is 5.73. The van der Waals surface area contributed by atoms with Crippen molar-refractivity contribution in [1.29, 1.82) is 5.26 Å². The van der Waals surface area contributed by atoms with Crippen molar-refractivity contribution in [1.82, 2.24) is 0 Å². The number of rotatable bonds is 2. The lowest BCUT2D eigenvalue weighted by atomic mass is 9.89. The first-order valence-electron chi connectivity index (χ1n) is 5.71. The third kappa shape index (κ3) is 2.02. The molecular weight excluding hydrogens is 233 g/mol. The number of nitrogens with zero attached hydrogens (tertiary/aromatic N) is 2. The summed E-state index contributed by atoms with van der Waals surface area (Å²) in [5.74, 6) is -0.780. The minimum atomic E-state index is -0.582. The molecule has 0 aliphatic carbocycles. The Hall–Kier alpha value is -2.09. The Morgan fingerprint density at radius 1 is 1.61 bits per heavy atom. The maximum absolute atomic E-state index is 13.1. The van der Waals surface area contributed by atoms with Crippen molar-refractivity contribution in [2.24, 2.45) is 11.1 Å². The molecule has 1 heterocycles. The van der Waals surface area contributed by atoms with E-state index >= 15 is 0 Å².